The zero-order chi connectivity index (χ0) is 34.0. The number of primary sulfonamides is 1. The second-order valence-corrected chi connectivity index (χ2v) is 12.8. The highest BCUT2D eigenvalue weighted by atomic mass is 32.2. The predicted molar refractivity (Wildman–Crippen MR) is 173 cm³/mol. The molecule has 15 heteroatoms. The lowest BCUT2D eigenvalue weighted by Crippen LogP contribution is -2.43. The average Bonchev–Trinajstić information content (AvgIpc) is 3.36. The van der Waals surface area contributed by atoms with Crippen molar-refractivity contribution in [1.29, 1.82) is 0 Å². The van der Waals surface area contributed by atoms with E-state index in [1.807, 2.05) is 6.07 Å². The molecule has 0 bridgehead atoms. The number of sulfonamides is 1. The molecule has 0 amide bonds. The molecule has 258 valence electrons. The molecule has 47 heavy (non-hydrogen) atoms. The minimum Gasteiger partial charge on any atom is -0.461 e. The van der Waals surface area contributed by atoms with Gasteiger partial charge in [0.25, 0.3) is 0 Å². The highest BCUT2D eigenvalue weighted by Gasteiger charge is 2.30. The monoisotopic (exact) mass is 683 g/mol. The number of nitrogens with two attached hydrogens (primary N) is 1. The van der Waals surface area contributed by atoms with Crippen LogP contribution in [0.4, 0.5) is 28.9 Å². The summed E-state index contributed by atoms with van der Waals surface area (Å²) >= 11 is 0. The fourth-order valence-electron chi connectivity index (χ4n) is 5.84. The van der Waals surface area contributed by atoms with Gasteiger partial charge in [0.15, 0.2) is 0 Å². The van der Waals surface area contributed by atoms with E-state index < -0.39 is 29.6 Å². The predicted octanol–water partition coefficient (Wildman–Crippen LogP) is 4.94. The summed E-state index contributed by atoms with van der Waals surface area (Å²) in [7, 11) is -0.673. The standard InChI is InChI=1S/C32H41F4N5O5S/c1-44-17-15-40(16-18-45-2)24-10-8-23(9-11-24)39-28-6-3-7-30-27(28)19-25(41(30)21-32(34,35)36)5-4-14-38-29-13-12-26(47(37,42)43)20-31(29)46-22-33/h3,6-7,12-13,19-20,23-24,38-39H,8-11,14-18,21-22H2,1-2H3,(H2,37,42,43)/t23-,24-. The van der Waals surface area contributed by atoms with Crippen LogP contribution in [-0.4, -0.2) is 90.1 Å². The Balaban J connectivity index is 1.51. The quantitative estimate of drug-likeness (QED) is 0.152. The molecule has 1 fully saturated rings. The Hall–Kier alpha value is -3.55. The van der Waals surface area contributed by atoms with Crippen LogP contribution in [0.25, 0.3) is 10.9 Å². The largest absolute Gasteiger partial charge is 0.461 e. The molecule has 3 aromatic rings. The number of fused-ring (bicyclic) bond motifs is 1. The molecule has 1 heterocycles. The topological polar surface area (TPSA) is 120 Å². The number of nitrogens with zero attached hydrogens (tertiary/aromatic N) is 2. The molecule has 0 saturated heterocycles. The van der Waals surface area contributed by atoms with E-state index in [2.05, 4.69) is 27.4 Å². The first kappa shape index (κ1) is 36.3. The van der Waals surface area contributed by atoms with E-state index in [1.165, 1.54) is 12.1 Å². The first-order valence-corrected chi connectivity index (χ1v) is 16.7. The number of nitrogens with one attached hydrogen (secondary N) is 2. The van der Waals surface area contributed by atoms with E-state index in [0.29, 0.717) is 30.2 Å². The minimum atomic E-state index is -4.48. The lowest BCUT2D eigenvalue weighted by atomic mass is 9.89. The number of hydrogen-bond donors (Lipinski definition) is 3. The van der Waals surface area contributed by atoms with Crippen molar-refractivity contribution in [3.63, 3.8) is 0 Å². The van der Waals surface area contributed by atoms with Gasteiger partial charge >= 0.3 is 6.18 Å². The van der Waals surface area contributed by atoms with Crippen molar-refractivity contribution in [3.05, 3.63) is 48.2 Å². The zero-order valence-corrected chi connectivity index (χ0v) is 27.2. The number of anilines is 2. The SMILES string of the molecule is COCCN(CCOC)[C@H]1CC[C@H](Nc2cccc3c2cc(C#CCNc2ccc(S(N)(=O)=O)cc2OCF)n3CC(F)(F)F)CC1. The van der Waals surface area contributed by atoms with Crippen LogP contribution in [0.5, 0.6) is 5.75 Å². The van der Waals surface area contributed by atoms with E-state index in [1.54, 1.807) is 32.4 Å². The van der Waals surface area contributed by atoms with Gasteiger partial charge in [0.1, 0.15) is 12.3 Å². The summed E-state index contributed by atoms with van der Waals surface area (Å²) in [5.41, 5.74) is 1.56. The van der Waals surface area contributed by atoms with Crippen molar-refractivity contribution >= 4 is 32.3 Å². The fourth-order valence-corrected chi connectivity index (χ4v) is 6.37. The molecule has 10 nitrogen and oxygen atoms in total. The molecule has 1 aliphatic carbocycles. The number of benzene rings is 2. The van der Waals surface area contributed by atoms with Gasteiger partial charge in [-0.05, 0) is 61.9 Å². The van der Waals surface area contributed by atoms with Crippen LogP contribution in [-0.2, 0) is 26.0 Å². The normalized spacial score (nSPS) is 17.0. The van der Waals surface area contributed by atoms with Gasteiger partial charge in [0.2, 0.25) is 16.9 Å². The van der Waals surface area contributed by atoms with E-state index in [0.717, 1.165) is 55.1 Å². The molecule has 1 aliphatic rings. The van der Waals surface area contributed by atoms with E-state index >= 15 is 0 Å². The summed E-state index contributed by atoms with van der Waals surface area (Å²) in [4.78, 5) is 2.13. The molecule has 4 N–H and O–H groups in total. The Kier molecular flexibility index (Phi) is 12.8. The van der Waals surface area contributed by atoms with Crippen molar-refractivity contribution < 1.29 is 40.2 Å². The Morgan fingerprint density at radius 1 is 1.02 bits per heavy atom. The van der Waals surface area contributed by atoms with Gasteiger partial charge < -0.3 is 29.4 Å². The van der Waals surface area contributed by atoms with Gasteiger partial charge in [0.05, 0.1) is 41.6 Å². The lowest BCUT2D eigenvalue weighted by molar-refractivity contribution is -0.140. The van der Waals surface area contributed by atoms with Gasteiger partial charge in [-0.25, -0.2) is 17.9 Å². The van der Waals surface area contributed by atoms with Crippen LogP contribution in [0.3, 0.4) is 0 Å². The molecule has 0 atom stereocenters. The molecule has 0 aliphatic heterocycles. The molecule has 0 spiro atoms. The zero-order valence-electron chi connectivity index (χ0n) is 26.4. The highest BCUT2D eigenvalue weighted by molar-refractivity contribution is 7.89. The first-order valence-electron chi connectivity index (χ1n) is 15.2. The van der Waals surface area contributed by atoms with Crippen LogP contribution in [0.15, 0.2) is 47.4 Å². The minimum absolute atomic E-state index is 0.0506. The van der Waals surface area contributed by atoms with Crippen molar-refractivity contribution in [2.24, 2.45) is 5.14 Å². The van der Waals surface area contributed by atoms with Gasteiger partial charge in [-0.1, -0.05) is 12.0 Å². The summed E-state index contributed by atoms with van der Waals surface area (Å²) in [5, 5.41) is 12.2. The van der Waals surface area contributed by atoms with Crippen molar-refractivity contribution in [3.8, 4) is 17.6 Å². The van der Waals surface area contributed by atoms with Gasteiger partial charge in [-0.15, -0.1) is 0 Å². The van der Waals surface area contributed by atoms with Gasteiger partial charge in [-0.2, -0.15) is 13.2 Å². The van der Waals surface area contributed by atoms with Crippen molar-refractivity contribution in [1.82, 2.24) is 9.47 Å². The molecule has 0 unspecified atom stereocenters. The van der Waals surface area contributed by atoms with Crippen LogP contribution in [0.2, 0.25) is 0 Å². The highest BCUT2D eigenvalue weighted by Crippen LogP contribution is 2.33. The maximum atomic E-state index is 13.7. The van der Waals surface area contributed by atoms with E-state index in [9.17, 15) is 26.0 Å². The maximum absolute atomic E-state index is 13.7. The molecule has 0 radical (unpaired) electrons. The molecular formula is C32H41F4N5O5S. The Bertz CT molecular complexity index is 1640. The third-order valence-corrected chi connectivity index (χ3v) is 9.01. The third-order valence-electron chi connectivity index (χ3n) is 8.10. The summed E-state index contributed by atoms with van der Waals surface area (Å²) in [6.07, 6.45) is -0.716. The van der Waals surface area contributed by atoms with Crippen LogP contribution in [0.1, 0.15) is 31.4 Å². The molecule has 1 saturated carbocycles. The molecule has 1 aromatic heterocycles. The van der Waals surface area contributed by atoms with Crippen molar-refractivity contribution in [2.45, 2.75) is 55.4 Å². The third kappa shape index (κ3) is 10.2. The lowest BCUT2D eigenvalue weighted by Gasteiger charge is -2.37. The number of ether oxygens (including phenoxy) is 3. The second-order valence-electron chi connectivity index (χ2n) is 11.3. The smallest absolute Gasteiger partial charge is 0.406 e. The summed E-state index contributed by atoms with van der Waals surface area (Å²) < 4.78 is 93.9. The van der Waals surface area contributed by atoms with Crippen LogP contribution in [0, 0.1) is 11.8 Å². The summed E-state index contributed by atoms with van der Waals surface area (Å²) in [6, 6.07) is 11.1. The Labute approximate surface area is 272 Å². The van der Waals surface area contributed by atoms with Gasteiger partial charge in [-0.3, -0.25) is 4.90 Å². The van der Waals surface area contributed by atoms with Crippen molar-refractivity contribution in [2.75, 3.05) is 64.6 Å². The van der Waals surface area contributed by atoms with E-state index in [-0.39, 0.29) is 34.6 Å². The number of rotatable bonds is 15. The number of methoxy groups -OCH3 is 2. The molecule has 2 aromatic carbocycles. The van der Waals surface area contributed by atoms with Crippen LogP contribution < -0.4 is 20.5 Å². The fraction of sp³-hybridized carbons (Fsp3) is 0.500. The number of halogens is 4. The molecule has 4 rings (SSSR count). The maximum Gasteiger partial charge on any atom is 0.406 e. The summed E-state index contributed by atoms with van der Waals surface area (Å²) in [5.74, 6) is 5.54. The Morgan fingerprint density at radius 3 is 2.34 bits per heavy atom. The number of aromatic nitrogens is 1. The Morgan fingerprint density at radius 2 is 1.72 bits per heavy atom. The van der Waals surface area contributed by atoms with Gasteiger partial charge in [0, 0.05) is 56.5 Å². The molecular weight excluding hydrogens is 642 g/mol. The number of hydrogen-bond acceptors (Lipinski definition) is 8. The average molecular weight is 684 g/mol. The first-order chi connectivity index (χ1) is 22.4. The van der Waals surface area contributed by atoms with E-state index in [4.69, 9.17) is 19.3 Å². The number of alkyl halides is 4. The second kappa shape index (κ2) is 16.5. The summed E-state index contributed by atoms with van der Waals surface area (Å²) in [6.45, 7) is 0.448. The van der Waals surface area contributed by atoms with Crippen LogP contribution >= 0.6 is 0 Å².